The van der Waals surface area contributed by atoms with Crippen LogP contribution in [-0.2, 0) is 0 Å². The lowest BCUT2D eigenvalue weighted by Gasteiger charge is -2.07. The van der Waals surface area contributed by atoms with E-state index in [0.717, 1.165) is 5.56 Å². The average Bonchev–Trinajstić information content (AvgIpc) is 2.73. The van der Waals surface area contributed by atoms with E-state index in [0.29, 0.717) is 17.1 Å². The van der Waals surface area contributed by atoms with Crippen LogP contribution >= 0.6 is 0 Å². The van der Waals surface area contributed by atoms with Gasteiger partial charge in [-0.05, 0) is 23.8 Å². The zero-order valence-electron chi connectivity index (χ0n) is 15.3. The average molecular weight is 375 g/mol. The van der Waals surface area contributed by atoms with Gasteiger partial charge >= 0.3 is 0 Å². The number of benzene rings is 2. The van der Waals surface area contributed by atoms with E-state index in [-0.39, 0.29) is 17.2 Å². The SMILES string of the molecule is COc1ccc(C=NNc2nc(-c3ccccc3)c(C#N)c(=O)[nH]2)cc1OC. The van der Waals surface area contributed by atoms with E-state index in [1.165, 1.54) is 0 Å². The molecule has 3 aromatic rings. The molecule has 140 valence electrons. The van der Waals surface area contributed by atoms with Gasteiger partial charge in [0.25, 0.3) is 5.56 Å². The van der Waals surface area contributed by atoms with Crippen molar-refractivity contribution in [1.29, 1.82) is 5.26 Å². The van der Waals surface area contributed by atoms with Gasteiger partial charge in [0.1, 0.15) is 11.6 Å². The van der Waals surface area contributed by atoms with Crippen molar-refractivity contribution in [2.45, 2.75) is 0 Å². The van der Waals surface area contributed by atoms with Crippen molar-refractivity contribution in [3.05, 3.63) is 70.0 Å². The summed E-state index contributed by atoms with van der Waals surface area (Å²) >= 11 is 0. The van der Waals surface area contributed by atoms with Crippen LogP contribution in [0.1, 0.15) is 11.1 Å². The highest BCUT2D eigenvalue weighted by molar-refractivity contribution is 5.81. The van der Waals surface area contributed by atoms with Crippen LogP contribution < -0.4 is 20.5 Å². The molecule has 0 aliphatic heterocycles. The lowest BCUT2D eigenvalue weighted by molar-refractivity contribution is 0.355. The summed E-state index contributed by atoms with van der Waals surface area (Å²) in [5.74, 6) is 1.31. The number of aromatic amines is 1. The standard InChI is InChI=1S/C20H17N5O3/c1-27-16-9-8-13(10-17(16)28-2)12-22-25-20-23-18(14-6-4-3-5-7-14)15(11-21)19(26)24-20/h3-10,12H,1-2H3,(H2,23,24,25,26). The third-order valence-corrected chi connectivity index (χ3v) is 3.87. The second-order valence-corrected chi connectivity index (χ2v) is 5.60. The van der Waals surface area contributed by atoms with Gasteiger partial charge < -0.3 is 9.47 Å². The number of nitriles is 1. The summed E-state index contributed by atoms with van der Waals surface area (Å²) in [6.07, 6.45) is 1.54. The van der Waals surface area contributed by atoms with Gasteiger partial charge in [-0.2, -0.15) is 10.4 Å². The predicted molar refractivity (Wildman–Crippen MR) is 106 cm³/mol. The topological polar surface area (TPSA) is 112 Å². The van der Waals surface area contributed by atoms with E-state index in [4.69, 9.17) is 9.47 Å². The number of nitrogens with zero attached hydrogens (tertiary/aromatic N) is 3. The fourth-order valence-electron chi connectivity index (χ4n) is 2.54. The molecule has 1 aromatic heterocycles. The molecule has 2 N–H and O–H groups in total. The van der Waals surface area contributed by atoms with Crippen LogP contribution in [0.3, 0.4) is 0 Å². The van der Waals surface area contributed by atoms with Crippen molar-refractivity contribution in [3.63, 3.8) is 0 Å². The third-order valence-electron chi connectivity index (χ3n) is 3.87. The Bertz CT molecular complexity index is 1100. The van der Waals surface area contributed by atoms with Gasteiger partial charge in [-0.25, -0.2) is 10.4 Å². The van der Waals surface area contributed by atoms with E-state index in [9.17, 15) is 10.1 Å². The molecule has 0 unspecified atom stereocenters. The van der Waals surface area contributed by atoms with Crippen molar-refractivity contribution in [2.75, 3.05) is 19.6 Å². The molecule has 0 aliphatic rings. The molecule has 0 bridgehead atoms. The Morgan fingerprint density at radius 2 is 1.89 bits per heavy atom. The zero-order chi connectivity index (χ0) is 19.9. The molecule has 8 heteroatoms. The lowest BCUT2D eigenvalue weighted by Crippen LogP contribution is -2.16. The quantitative estimate of drug-likeness (QED) is 0.506. The molecule has 28 heavy (non-hydrogen) atoms. The fourth-order valence-corrected chi connectivity index (χ4v) is 2.54. The van der Waals surface area contributed by atoms with Crippen LogP contribution in [-0.4, -0.2) is 30.4 Å². The van der Waals surface area contributed by atoms with Crippen LogP contribution in [0.4, 0.5) is 5.95 Å². The first-order valence-electron chi connectivity index (χ1n) is 8.27. The molecule has 0 saturated heterocycles. The first kappa shape index (κ1) is 18.7. The predicted octanol–water partition coefficient (Wildman–Crippen LogP) is 2.77. The number of rotatable bonds is 6. The molecule has 2 aromatic carbocycles. The second kappa shape index (κ2) is 8.51. The van der Waals surface area contributed by atoms with Crippen molar-refractivity contribution >= 4 is 12.2 Å². The summed E-state index contributed by atoms with van der Waals surface area (Å²) in [6, 6.07) is 16.2. The molecule has 1 heterocycles. The van der Waals surface area contributed by atoms with Crippen molar-refractivity contribution in [1.82, 2.24) is 9.97 Å². The maximum absolute atomic E-state index is 12.2. The molecule has 0 amide bonds. The first-order chi connectivity index (χ1) is 13.7. The van der Waals surface area contributed by atoms with Gasteiger partial charge in [-0.15, -0.1) is 0 Å². The summed E-state index contributed by atoms with van der Waals surface area (Å²) in [5.41, 5.74) is 3.79. The van der Waals surface area contributed by atoms with Gasteiger partial charge in [-0.1, -0.05) is 30.3 Å². The molecule has 0 spiro atoms. The van der Waals surface area contributed by atoms with Crippen LogP contribution in [0.25, 0.3) is 11.3 Å². The number of methoxy groups -OCH3 is 2. The summed E-state index contributed by atoms with van der Waals surface area (Å²) < 4.78 is 10.4. The Balaban J connectivity index is 1.87. The van der Waals surface area contributed by atoms with E-state index in [1.54, 1.807) is 50.8 Å². The Morgan fingerprint density at radius 3 is 2.57 bits per heavy atom. The molecule has 0 aliphatic carbocycles. The maximum Gasteiger partial charge on any atom is 0.270 e. The van der Waals surface area contributed by atoms with E-state index >= 15 is 0 Å². The highest BCUT2D eigenvalue weighted by Gasteiger charge is 2.12. The van der Waals surface area contributed by atoms with E-state index in [1.807, 2.05) is 24.3 Å². The van der Waals surface area contributed by atoms with Gasteiger partial charge in [0.2, 0.25) is 5.95 Å². The van der Waals surface area contributed by atoms with Gasteiger partial charge in [0.15, 0.2) is 11.5 Å². The number of hydrogen-bond acceptors (Lipinski definition) is 7. The Labute approximate surface area is 161 Å². The molecule has 0 radical (unpaired) electrons. The molecule has 0 saturated carbocycles. The maximum atomic E-state index is 12.2. The minimum absolute atomic E-state index is 0.0550. The van der Waals surface area contributed by atoms with Crippen LogP contribution in [0.15, 0.2) is 58.4 Å². The summed E-state index contributed by atoms with van der Waals surface area (Å²) in [4.78, 5) is 19.0. The highest BCUT2D eigenvalue weighted by Crippen LogP contribution is 2.26. The van der Waals surface area contributed by atoms with Crippen LogP contribution in [0.2, 0.25) is 0 Å². The monoisotopic (exact) mass is 375 g/mol. The molecule has 3 rings (SSSR count). The van der Waals surface area contributed by atoms with Crippen molar-refractivity contribution in [3.8, 4) is 28.8 Å². The summed E-state index contributed by atoms with van der Waals surface area (Å²) in [6.45, 7) is 0. The largest absolute Gasteiger partial charge is 0.493 e. The molecular formula is C20H17N5O3. The second-order valence-electron chi connectivity index (χ2n) is 5.60. The normalized spacial score (nSPS) is 10.5. The molecular weight excluding hydrogens is 358 g/mol. The van der Waals surface area contributed by atoms with Crippen molar-refractivity contribution < 1.29 is 9.47 Å². The lowest BCUT2D eigenvalue weighted by atomic mass is 10.1. The van der Waals surface area contributed by atoms with Crippen LogP contribution in [0, 0.1) is 11.3 Å². The molecule has 0 atom stereocenters. The number of H-pyrrole nitrogens is 1. The van der Waals surface area contributed by atoms with E-state index < -0.39 is 5.56 Å². The number of aromatic nitrogens is 2. The Morgan fingerprint density at radius 1 is 1.14 bits per heavy atom. The molecule has 8 nitrogen and oxygen atoms in total. The zero-order valence-corrected chi connectivity index (χ0v) is 15.3. The third kappa shape index (κ3) is 3.99. The summed E-state index contributed by atoms with van der Waals surface area (Å²) in [7, 11) is 3.11. The molecule has 0 fully saturated rings. The fraction of sp³-hybridized carbons (Fsp3) is 0.100. The van der Waals surface area contributed by atoms with E-state index in [2.05, 4.69) is 20.5 Å². The number of anilines is 1. The van der Waals surface area contributed by atoms with Gasteiger partial charge in [-0.3, -0.25) is 9.78 Å². The van der Waals surface area contributed by atoms with Gasteiger partial charge in [0, 0.05) is 5.56 Å². The van der Waals surface area contributed by atoms with Gasteiger partial charge in [0.05, 0.1) is 26.1 Å². The smallest absolute Gasteiger partial charge is 0.270 e. The minimum atomic E-state index is -0.542. The number of hydrazone groups is 1. The van der Waals surface area contributed by atoms with Crippen molar-refractivity contribution in [2.24, 2.45) is 5.10 Å². The Hall–Kier alpha value is -4.12. The summed E-state index contributed by atoms with van der Waals surface area (Å²) in [5, 5.41) is 13.4. The number of nitrogens with one attached hydrogen (secondary N) is 2. The Kier molecular flexibility index (Phi) is 5.67. The van der Waals surface area contributed by atoms with Crippen LogP contribution in [0.5, 0.6) is 11.5 Å². The first-order valence-corrected chi connectivity index (χ1v) is 8.27. The highest BCUT2D eigenvalue weighted by atomic mass is 16.5. The number of hydrogen-bond donors (Lipinski definition) is 2. The number of ether oxygens (including phenoxy) is 2. The minimum Gasteiger partial charge on any atom is -0.493 e.